The van der Waals surface area contributed by atoms with Crippen LogP contribution in [0.15, 0.2) is 48.5 Å². The van der Waals surface area contributed by atoms with Crippen molar-refractivity contribution >= 4 is 29.3 Å². The summed E-state index contributed by atoms with van der Waals surface area (Å²) in [5.74, 6) is -4.42. The fourth-order valence-electron chi connectivity index (χ4n) is 6.34. The van der Waals surface area contributed by atoms with Crippen molar-refractivity contribution in [1.82, 2.24) is 4.90 Å². The van der Waals surface area contributed by atoms with E-state index in [4.69, 9.17) is 0 Å². The summed E-state index contributed by atoms with van der Waals surface area (Å²) in [6.07, 6.45) is 0.821. The molecule has 2 aromatic rings. The molecular weight excluding hydrogens is 504 g/mol. The number of nitrogens with zero attached hydrogens (tertiary/aromatic N) is 3. The van der Waals surface area contributed by atoms with Crippen molar-refractivity contribution in [3.63, 3.8) is 0 Å². The van der Waals surface area contributed by atoms with Crippen molar-refractivity contribution in [2.75, 3.05) is 29.4 Å². The smallest absolute Gasteiger partial charge is 0.324 e. The predicted octanol–water partition coefficient (Wildman–Crippen LogP) is 5.65. The number of hydrogen-bond acceptors (Lipinski definition) is 3. The minimum Gasteiger partial charge on any atom is -0.481 e. The number of carbonyl (C=O) groups is 3. The zero-order chi connectivity index (χ0) is 27.8. The molecule has 0 bridgehead atoms. The Hall–Kier alpha value is -3.49. The topological polar surface area (TPSA) is 81.2 Å². The van der Waals surface area contributed by atoms with Crippen LogP contribution in [0.2, 0.25) is 0 Å². The number of anilines is 2. The SMILES string of the molecule is Cc1ccc2c(c1)N(C(=O)N1CCC(CC(=O)N(c3ccccc3)[C@@H]3CCCC(F)(F)C3)(C(=O)O)CC1)CC2. The largest absolute Gasteiger partial charge is 0.481 e. The van der Waals surface area contributed by atoms with Crippen LogP contribution in [0.3, 0.4) is 0 Å². The summed E-state index contributed by atoms with van der Waals surface area (Å²) in [6, 6.07) is 13.9. The molecule has 2 aromatic carbocycles. The maximum Gasteiger partial charge on any atom is 0.324 e. The first kappa shape index (κ1) is 27.1. The number of carboxylic acids is 1. The van der Waals surface area contributed by atoms with Crippen LogP contribution in [0.25, 0.3) is 0 Å². The standard InChI is InChI=1S/C30H35F2N3O4/c1-21-9-10-22-11-15-34(25(22)18-21)28(39)33-16-13-29(14-17-33,27(37)38)20-26(36)35(23-6-3-2-4-7-23)24-8-5-12-30(31,32)19-24/h2-4,6-7,9-10,18,24H,5,8,11-17,19-20H2,1H3,(H,37,38)/t24-/m1/s1. The zero-order valence-corrected chi connectivity index (χ0v) is 22.2. The Morgan fingerprint density at radius 1 is 1.03 bits per heavy atom. The summed E-state index contributed by atoms with van der Waals surface area (Å²) >= 11 is 0. The molecule has 1 saturated carbocycles. The molecule has 2 heterocycles. The lowest BCUT2D eigenvalue weighted by Crippen LogP contribution is -2.53. The molecule has 1 atom stereocenters. The van der Waals surface area contributed by atoms with Gasteiger partial charge in [0.05, 0.1) is 5.41 Å². The van der Waals surface area contributed by atoms with Gasteiger partial charge >= 0.3 is 12.0 Å². The molecule has 7 nitrogen and oxygen atoms in total. The van der Waals surface area contributed by atoms with Gasteiger partial charge in [0.2, 0.25) is 11.8 Å². The Bertz CT molecular complexity index is 1240. The third kappa shape index (κ3) is 5.49. The number of amides is 3. The van der Waals surface area contributed by atoms with Crippen LogP contribution in [0.5, 0.6) is 0 Å². The van der Waals surface area contributed by atoms with Crippen molar-refractivity contribution in [3.8, 4) is 0 Å². The molecule has 5 rings (SSSR count). The second-order valence-electron chi connectivity index (χ2n) is 11.3. The quantitative estimate of drug-likeness (QED) is 0.533. The number of alkyl halides is 2. The number of piperidine rings is 1. The van der Waals surface area contributed by atoms with Gasteiger partial charge in [-0.2, -0.15) is 0 Å². The minimum absolute atomic E-state index is 0.123. The summed E-state index contributed by atoms with van der Waals surface area (Å²) < 4.78 is 28.7. The summed E-state index contributed by atoms with van der Waals surface area (Å²) in [7, 11) is 0. The normalized spacial score (nSPS) is 21.8. The van der Waals surface area contributed by atoms with Crippen LogP contribution >= 0.6 is 0 Å². The highest BCUT2D eigenvalue weighted by molar-refractivity contribution is 5.97. The third-order valence-electron chi connectivity index (χ3n) is 8.58. The molecular formula is C30H35F2N3O4. The summed E-state index contributed by atoms with van der Waals surface area (Å²) in [5, 5.41) is 10.3. The number of hydrogen-bond donors (Lipinski definition) is 1. The van der Waals surface area contributed by atoms with Gasteiger partial charge in [0.25, 0.3) is 0 Å². The highest BCUT2D eigenvalue weighted by Crippen LogP contribution is 2.41. The molecule has 9 heteroatoms. The number of para-hydroxylation sites is 1. The molecule has 208 valence electrons. The molecule has 3 amide bonds. The van der Waals surface area contributed by atoms with E-state index in [1.165, 1.54) is 4.90 Å². The first-order valence-electron chi connectivity index (χ1n) is 13.7. The fourth-order valence-corrected chi connectivity index (χ4v) is 6.34. The monoisotopic (exact) mass is 539 g/mol. The van der Waals surface area contributed by atoms with Crippen LogP contribution in [-0.2, 0) is 16.0 Å². The van der Waals surface area contributed by atoms with Crippen LogP contribution in [-0.4, -0.2) is 59.5 Å². The van der Waals surface area contributed by atoms with Crippen LogP contribution in [0.1, 0.15) is 56.1 Å². The number of likely N-dealkylation sites (tertiary alicyclic amines) is 1. The zero-order valence-electron chi connectivity index (χ0n) is 22.2. The molecule has 0 unspecified atom stereocenters. The maximum absolute atomic E-state index is 14.3. The summed E-state index contributed by atoms with van der Waals surface area (Å²) in [5.41, 5.74) is 2.21. The van der Waals surface area contributed by atoms with Gasteiger partial charge in [0.15, 0.2) is 0 Å². The van der Waals surface area contributed by atoms with Gasteiger partial charge in [-0.3, -0.25) is 14.5 Å². The van der Waals surface area contributed by atoms with Crippen LogP contribution < -0.4 is 9.80 Å². The molecule has 1 saturated heterocycles. The van der Waals surface area contributed by atoms with E-state index in [-0.39, 0.29) is 44.8 Å². The molecule has 1 aliphatic carbocycles. The molecule has 2 fully saturated rings. The van der Waals surface area contributed by atoms with E-state index in [2.05, 4.69) is 0 Å². The van der Waals surface area contributed by atoms with E-state index in [1.54, 1.807) is 40.1 Å². The van der Waals surface area contributed by atoms with Gasteiger partial charge in [-0.1, -0.05) is 30.3 Å². The Morgan fingerprint density at radius 2 is 1.74 bits per heavy atom. The Balaban J connectivity index is 1.32. The second-order valence-corrected chi connectivity index (χ2v) is 11.3. The van der Waals surface area contributed by atoms with Gasteiger partial charge in [-0.25, -0.2) is 13.6 Å². The average Bonchev–Trinajstić information content (AvgIpc) is 3.32. The number of fused-ring (bicyclic) bond motifs is 1. The van der Waals surface area contributed by atoms with E-state index < -0.39 is 35.7 Å². The molecule has 2 aliphatic heterocycles. The van der Waals surface area contributed by atoms with Crippen molar-refractivity contribution in [2.24, 2.45) is 5.41 Å². The van der Waals surface area contributed by atoms with E-state index in [0.717, 1.165) is 23.2 Å². The van der Waals surface area contributed by atoms with E-state index in [1.807, 2.05) is 25.1 Å². The van der Waals surface area contributed by atoms with E-state index in [0.29, 0.717) is 25.1 Å². The second kappa shape index (κ2) is 10.6. The van der Waals surface area contributed by atoms with Gasteiger partial charge in [0, 0.05) is 56.3 Å². The molecule has 3 aliphatic rings. The number of urea groups is 1. The molecule has 0 spiro atoms. The average molecular weight is 540 g/mol. The summed E-state index contributed by atoms with van der Waals surface area (Å²) in [6.45, 7) is 2.98. The number of carbonyl (C=O) groups excluding carboxylic acids is 2. The third-order valence-corrected chi connectivity index (χ3v) is 8.58. The van der Waals surface area contributed by atoms with E-state index >= 15 is 0 Å². The number of benzene rings is 2. The highest BCUT2D eigenvalue weighted by Gasteiger charge is 2.47. The van der Waals surface area contributed by atoms with Gasteiger partial charge in [-0.05, 0) is 68.4 Å². The summed E-state index contributed by atoms with van der Waals surface area (Å²) in [4.78, 5) is 44.6. The molecule has 0 radical (unpaired) electrons. The van der Waals surface area contributed by atoms with Crippen molar-refractivity contribution < 1.29 is 28.3 Å². The lowest BCUT2D eigenvalue weighted by molar-refractivity contribution is -0.154. The van der Waals surface area contributed by atoms with Crippen molar-refractivity contribution in [2.45, 2.75) is 70.3 Å². The van der Waals surface area contributed by atoms with Crippen LogP contribution in [0, 0.1) is 12.3 Å². The van der Waals surface area contributed by atoms with Crippen molar-refractivity contribution in [3.05, 3.63) is 59.7 Å². The number of rotatable bonds is 5. The van der Waals surface area contributed by atoms with Gasteiger partial charge < -0.3 is 14.9 Å². The van der Waals surface area contributed by atoms with Gasteiger partial charge in [-0.15, -0.1) is 0 Å². The highest BCUT2D eigenvalue weighted by atomic mass is 19.3. The molecule has 1 N–H and O–H groups in total. The fraction of sp³-hybridized carbons (Fsp3) is 0.500. The van der Waals surface area contributed by atoms with Gasteiger partial charge in [0.1, 0.15) is 0 Å². The lowest BCUT2D eigenvalue weighted by atomic mass is 9.75. The lowest BCUT2D eigenvalue weighted by Gasteiger charge is -2.42. The van der Waals surface area contributed by atoms with E-state index in [9.17, 15) is 28.3 Å². The number of aliphatic carboxylic acids is 1. The predicted molar refractivity (Wildman–Crippen MR) is 144 cm³/mol. The minimum atomic E-state index is -2.86. The number of carboxylic acid groups (broad SMARTS) is 1. The van der Waals surface area contributed by atoms with Crippen LogP contribution in [0.4, 0.5) is 25.0 Å². The number of aryl methyl sites for hydroxylation is 1. The Kier molecular flexibility index (Phi) is 7.35. The first-order valence-corrected chi connectivity index (χ1v) is 13.7. The number of halogens is 2. The Labute approximate surface area is 227 Å². The molecule has 0 aromatic heterocycles. The first-order chi connectivity index (χ1) is 18.6. The Morgan fingerprint density at radius 3 is 2.41 bits per heavy atom. The van der Waals surface area contributed by atoms with Crippen molar-refractivity contribution in [1.29, 1.82) is 0 Å². The molecule has 39 heavy (non-hydrogen) atoms. The maximum atomic E-state index is 14.3.